The Bertz CT molecular complexity index is 479. The first-order valence-electron chi connectivity index (χ1n) is 4.50. The van der Waals surface area contributed by atoms with Crippen molar-refractivity contribution in [3.63, 3.8) is 0 Å². The number of ether oxygens (including phenoxy) is 1. The monoisotopic (exact) mass is 336 g/mol. The molecule has 0 aliphatic rings. The van der Waals surface area contributed by atoms with Crippen LogP contribution >= 0.6 is 0 Å². The summed E-state index contributed by atoms with van der Waals surface area (Å²) in [6, 6.07) is 9.78. The van der Waals surface area contributed by atoms with Crippen molar-refractivity contribution in [1.29, 1.82) is 0 Å². The van der Waals surface area contributed by atoms with Crippen molar-refractivity contribution in [3.05, 3.63) is 69.1 Å². The van der Waals surface area contributed by atoms with Gasteiger partial charge in [-0.1, -0.05) is 0 Å². The van der Waals surface area contributed by atoms with Gasteiger partial charge in [0.05, 0.1) is 0 Å². The number of hydrogen-bond donors (Lipinski definition) is 0. The fourth-order valence-corrected chi connectivity index (χ4v) is 0.775. The molecule has 0 radical (unpaired) electrons. The van der Waals surface area contributed by atoms with E-state index in [9.17, 15) is 0 Å². The van der Waals surface area contributed by atoms with Crippen LogP contribution in [-0.4, -0.2) is 11.7 Å². The average molecular weight is 336 g/mol. The Kier molecular flexibility index (Phi) is 62.2. The molecule has 0 unspecified atom stereocenters. The van der Waals surface area contributed by atoms with Gasteiger partial charge in [0.25, 0.3) is 0 Å². The minimum atomic E-state index is 0.610. The van der Waals surface area contributed by atoms with Crippen LogP contribution in [0.2, 0.25) is 0 Å². The Morgan fingerprint density at radius 3 is 1.55 bits per heavy atom. The van der Waals surface area contributed by atoms with E-state index in [0.717, 1.165) is 5.56 Å². The molecular formula is C15H8CrO6. The fourth-order valence-electron chi connectivity index (χ4n) is 0.696. The van der Waals surface area contributed by atoms with Crippen LogP contribution in [0.5, 0.6) is 0 Å². The molecule has 0 atom stereocenters. The molecule has 22 heavy (non-hydrogen) atoms. The molecule has 1 aromatic carbocycles. The summed E-state index contributed by atoms with van der Waals surface area (Å²) < 4.78 is 43.0. The van der Waals surface area contributed by atoms with Gasteiger partial charge < -0.3 is 0 Å². The van der Waals surface area contributed by atoms with Crippen molar-refractivity contribution in [3.8, 4) is 11.8 Å². The Morgan fingerprint density at radius 1 is 0.864 bits per heavy atom. The van der Waals surface area contributed by atoms with E-state index in [4.69, 9.17) is 28.0 Å². The van der Waals surface area contributed by atoms with Crippen molar-refractivity contribution in [2.75, 3.05) is 7.11 Å². The third kappa shape index (κ3) is 30.7. The maximum atomic E-state index is 7.50. The van der Waals surface area contributed by atoms with E-state index in [1.807, 2.05) is 30.3 Å². The Balaban J connectivity index is -0.0000000822. The maximum absolute atomic E-state index is 7.50. The first-order chi connectivity index (χ1) is 10.8. The van der Waals surface area contributed by atoms with Crippen LogP contribution in [0.4, 0.5) is 0 Å². The summed E-state index contributed by atoms with van der Waals surface area (Å²) >= 11 is 2.72. The van der Waals surface area contributed by atoms with Crippen LogP contribution in [0.25, 0.3) is 0 Å². The van der Waals surface area contributed by atoms with Crippen molar-refractivity contribution in [2.45, 2.75) is 0 Å². The summed E-state index contributed by atoms with van der Waals surface area (Å²) in [6.45, 7) is 22.5. The zero-order chi connectivity index (χ0) is 18.8. The van der Waals surface area contributed by atoms with Crippen molar-refractivity contribution in [2.24, 2.45) is 0 Å². The molecule has 0 aliphatic carbocycles. The van der Waals surface area contributed by atoms with Crippen molar-refractivity contribution in [1.82, 2.24) is 0 Å². The molecule has 0 N–H and O–H groups in total. The molecule has 0 saturated carbocycles. The predicted molar refractivity (Wildman–Crippen MR) is 65.0 cm³/mol. The molecule has 1 rings (SSSR count). The zero-order valence-corrected chi connectivity index (χ0v) is 12.5. The molecule has 0 fully saturated rings. The molecular weight excluding hydrogens is 328 g/mol. The minimum absolute atomic E-state index is 0.610. The summed E-state index contributed by atoms with van der Waals surface area (Å²) in [6.07, 6.45) is 0. The van der Waals surface area contributed by atoms with E-state index >= 15 is 0 Å². The summed E-state index contributed by atoms with van der Waals surface area (Å²) in [5, 5.41) is 0. The van der Waals surface area contributed by atoms with Gasteiger partial charge in [-0.05, 0) is 0 Å². The summed E-state index contributed by atoms with van der Waals surface area (Å²) in [7, 11) is 1.59. The number of rotatable bonds is 1. The molecule has 0 spiro atoms. The molecule has 0 saturated heterocycles. The van der Waals surface area contributed by atoms with E-state index in [1.165, 1.54) is 0 Å². The topological polar surface area (TPSA) is 109 Å². The van der Waals surface area contributed by atoms with Crippen molar-refractivity contribution < 1.29 is 43.8 Å². The van der Waals surface area contributed by atoms with Gasteiger partial charge in [0, 0.05) is 0 Å². The molecule has 6 nitrogen and oxygen atoms in total. The molecule has 0 bridgehead atoms. The van der Waals surface area contributed by atoms with Gasteiger partial charge in [-0.2, -0.15) is 0 Å². The third-order valence-electron chi connectivity index (χ3n) is 1.27. The van der Waals surface area contributed by atoms with Crippen LogP contribution < -0.4 is 0 Å². The number of benzene rings is 1. The van der Waals surface area contributed by atoms with Gasteiger partial charge in [0.2, 0.25) is 0 Å². The zero-order valence-electron chi connectivity index (χ0n) is 11.2. The third-order valence-corrected chi connectivity index (χ3v) is 1.69. The van der Waals surface area contributed by atoms with Gasteiger partial charge >= 0.3 is 137 Å². The van der Waals surface area contributed by atoms with E-state index in [1.54, 1.807) is 7.11 Å². The SMILES string of the molecule is CO[C](=[Cr])C#Cc1ccccc1.[C-]#[O+].[C-]#[O+].[C-]#[O+].[C-]#[O+].[C-]#[O+]. The standard InChI is InChI=1S/C10H8O.5CO.Cr/c1-11-9-5-8-10-6-3-2-4-7-10;5*1-2;/h2-4,6-7H,1H3;;;;;;. The van der Waals surface area contributed by atoms with Crippen LogP contribution in [0.15, 0.2) is 30.3 Å². The average Bonchev–Trinajstić information content (AvgIpc) is 2.68. The molecule has 0 aliphatic heterocycles. The van der Waals surface area contributed by atoms with Crippen molar-refractivity contribution >= 4 is 4.57 Å². The van der Waals surface area contributed by atoms with E-state index in [-0.39, 0.29) is 0 Å². The first kappa shape index (κ1) is 32.0. The van der Waals surface area contributed by atoms with Crippen LogP contribution in [0.1, 0.15) is 5.56 Å². The van der Waals surface area contributed by atoms with Crippen LogP contribution in [-0.2, 0) is 43.8 Å². The second-order valence-electron chi connectivity index (χ2n) is 2.11. The van der Waals surface area contributed by atoms with Crippen LogP contribution in [0, 0.1) is 45.1 Å². The second kappa shape index (κ2) is 42.8. The Hall–Kier alpha value is -2.16. The van der Waals surface area contributed by atoms with Gasteiger partial charge in [0.15, 0.2) is 0 Å². The summed E-state index contributed by atoms with van der Waals surface area (Å²) in [4.78, 5) is 0. The fraction of sp³-hybridized carbons (Fsp3) is 0.0667. The van der Waals surface area contributed by atoms with E-state index < -0.39 is 0 Å². The van der Waals surface area contributed by atoms with Gasteiger partial charge in [-0.3, -0.25) is 0 Å². The van der Waals surface area contributed by atoms with E-state index in [2.05, 4.69) is 60.9 Å². The van der Waals surface area contributed by atoms with Gasteiger partial charge in [0.1, 0.15) is 0 Å². The normalized spacial score (nSPS) is 5.05. The second-order valence-corrected chi connectivity index (χ2v) is 2.69. The Labute approximate surface area is 137 Å². The summed E-state index contributed by atoms with van der Waals surface area (Å²) in [5.74, 6) is 5.79. The molecule has 7 heteroatoms. The van der Waals surface area contributed by atoms with Crippen LogP contribution in [0.3, 0.4) is 0 Å². The van der Waals surface area contributed by atoms with E-state index in [0.29, 0.717) is 4.57 Å². The summed E-state index contributed by atoms with van der Waals surface area (Å²) in [5.41, 5.74) is 0.988. The first-order valence-corrected chi connectivity index (χ1v) is 5.14. The predicted octanol–water partition coefficient (Wildman–Crippen LogP) is 1.17. The molecule has 0 aromatic heterocycles. The van der Waals surface area contributed by atoms with Gasteiger partial charge in [-0.15, -0.1) is 0 Å². The van der Waals surface area contributed by atoms with Gasteiger partial charge in [-0.25, -0.2) is 0 Å². The Morgan fingerprint density at radius 2 is 1.23 bits per heavy atom. The molecule has 0 amide bonds. The molecule has 1 aromatic rings. The number of hydrogen-bond acceptors (Lipinski definition) is 1. The molecule has 110 valence electrons. The number of methoxy groups -OCH3 is 1. The quantitative estimate of drug-likeness (QED) is 0.428. The molecule has 0 heterocycles.